The Balaban J connectivity index is 1.72. The van der Waals surface area contributed by atoms with Crippen LogP contribution in [0, 0.1) is 5.92 Å². The standard InChI is InChI=1S/C16H29N3/c1-3-5-14-6-8-15(9-7-14)17-13-16-10-11-18-19(16)12-4-2/h10-11,14-15,17H,3-9,12-13H2,1-2H3. The van der Waals surface area contributed by atoms with E-state index in [4.69, 9.17) is 0 Å². The van der Waals surface area contributed by atoms with E-state index in [1.165, 1.54) is 44.2 Å². The number of nitrogens with zero attached hydrogens (tertiary/aromatic N) is 2. The Bertz CT molecular complexity index is 351. The van der Waals surface area contributed by atoms with Gasteiger partial charge in [-0.15, -0.1) is 0 Å². The molecular formula is C16H29N3. The molecule has 0 unspecified atom stereocenters. The van der Waals surface area contributed by atoms with E-state index in [2.05, 4.69) is 35.0 Å². The molecule has 0 spiro atoms. The van der Waals surface area contributed by atoms with E-state index in [0.717, 1.165) is 31.5 Å². The first-order valence-corrected chi connectivity index (χ1v) is 8.07. The van der Waals surface area contributed by atoms with Gasteiger partial charge >= 0.3 is 0 Å². The Morgan fingerprint density at radius 3 is 2.68 bits per heavy atom. The van der Waals surface area contributed by atoms with Gasteiger partial charge in [-0.05, 0) is 44.1 Å². The molecule has 0 aliphatic heterocycles. The van der Waals surface area contributed by atoms with Gasteiger partial charge in [-0.25, -0.2) is 0 Å². The first kappa shape index (κ1) is 14.6. The van der Waals surface area contributed by atoms with Crippen LogP contribution in [0.2, 0.25) is 0 Å². The summed E-state index contributed by atoms with van der Waals surface area (Å²) in [5, 5.41) is 8.11. The van der Waals surface area contributed by atoms with Crippen molar-refractivity contribution in [3.05, 3.63) is 18.0 Å². The zero-order chi connectivity index (χ0) is 13.5. The van der Waals surface area contributed by atoms with Crippen molar-refractivity contribution in [1.29, 1.82) is 0 Å². The van der Waals surface area contributed by atoms with Crippen LogP contribution in [0.4, 0.5) is 0 Å². The summed E-state index contributed by atoms with van der Waals surface area (Å²) in [5.41, 5.74) is 1.33. The summed E-state index contributed by atoms with van der Waals surface area (Å²) >= 11 is 0. The maximum absolute atomic E-state index is 4.38. The van der Waals surface area contributed by atoms with Crippen LogP contribution in [0.25, 0.3) is 0 Å². The molecule has 0 radical (unpaired) electrons. The van der Waals surface area contributed by atoms with E-state index >= 15 is 0 Å². The van der Waals surface area contributed by atoms with Gasteiger partial charge in [0, 0.05) is 25.3 Å². The maximum atomic E-state index is 4.38. The Kier molecular flexibility index (Phi) is 5.90. The molecule has 2 rings (SSSR count). The Labute approximate surface area is 117 Å². The van der Waals surface area contributed by atoms with Crippen LogP contribution in [0.15, 0.2) is 12.3 Å². The first-order chi connectivity index (χ1) is 9.33. The third-order valence-corrected chi connectivity index (χ3v) is 4.36. The van der Waals surface area contributed by atoms with Crippen LogP contribution < -0.4 is 5.32 Å². The predicted molar refractivity (Wildman–Crippen MR) is 80.0 cm³/mol. The minimum absolute atomic E-state index is 0.720. The quantitative estimate of drug-likeness (QED) is 0.812. The Hall–Kier alpha value is -0.830. The first-order valence-electron chi connectivity index (χ1n) is 8.07. The third-order valence-electron chi connectivity index (χ3n) is 4.36. The largest absolute Gasteiger partial charge is 0.308 e. The van der Waals surface area contributed by atoms with E-state index in [0.29, 0.717) is 0 Å². The summed E-state index contributed by atoms with van der Waals surface area (Å²) in [4.78, 5) is 0. The van der Waals surface area contributed by atoms with E-state index in [1.54, 1.807) is 0 Å². The maximum Gasteiger partial charge on any atom is 0.0522 e. The summed E-state index contributed by atoms with van der Waals surface area (Å²) in [7, 11) is 0. The summed E-state index contributed by atoms with van der Waals surface area (Å²) in [6.45, 7) is 6.52. The molecule has 1 N–H and O–H groups in total. The van der Waals surface area contributed by atoms with Gasteiger partial charge in [0.2, 0.25) is 0 Å². The number of hydrogen-bond donors (Lipinski definition) is 1. The van der Waals surface area contributed by atoms with Crippen molar-refractivity contribution in [2.45, 2.75) is 77.9 Å². The highest BCUT2D eigenvalue weighted by molar-refractivity contribution is 5.00. The van der Waals surface area contributed by atoms with Gasteiger partial charge in [0.15, 0.2) is 0 Å². The molecule has 3 nitrogen and oxygen atoms in total. The molecule has 1 fully saturated rings. The molecule has 0 bridgehead atoms. The lowest BCUT2D eigenvalue weighted by atomic mass is 9.83. The van der Waals surface area contributed by atoms with E-state index in [-0.39, 0.29) is 0 Å². The van der Waals surface area contributed by atoms with Gasteiger partial charge in [-0.2, -0.15) is 5.10 Å². The molecule has 1 aliphatic rings. The van der Waals surface area contributed by atoms with Crippen molar-refractivity contribution in [3.8, 4) is 0 Å². The molecule has 0 saturated heterocycles. The molecule has 1 aromatic heterocycles. The Morgan fingerprint density at radius 2 is 2.00 bits per heavy atom. The van der Waals surface area contributed by atoms with E-state index in [1.807, 2.05) is 6.20 Å². The van der Waals surface area contributed by atoms with Crippen LogP contribution >= 0.6 is 0 Å². The Morgan fingerprint density at radius 1 is 1.21 bits per heavy atom. The fourth-order valence-electron chi connectivity index (χ4n) is 3.24. The SMILES string of the molecule is CCCC1CCC(NCc2ccnn2CCC)CC1. The van der Waals surface area contributed by atoms with Crippen LogP contribution in [-0.4, -0.2) is 15.8 Å². The molecule has 1 aliphatic carbocycles. The fourth-order valence-corrected chi connectivity index (χ4v) is 3.24. The predicted octanol–water partition coefficient (Wildman–Crippen LogP) is 3.74. The lowest BCUT2D eigenvalue weighted by molar-refractivity contribution is 0.276. The van der Waals surface area contributed by atoms with Crippen LogP contribution in [-0.2, 0) is 13.1 Å². The molecule has 108 valence electrons. The number of aryl methyl sites for hydroxylation is 1. The second-order valence-electron chi connectivity index (χ2n) is 5.93. The van der Waals surface area contributed by atoms with Crippen LogP contribution in [0.3, 0.4) is 0 Å². The minimum atomic E-state index is 0.720. The average molecular weight is 263 g/mol. The minimum Gasteiger partial charge on any atom is -0.308 e. The number of hydrogen-bond acceptors (Lipinski definition) is 2. The van der Waals surface area contributed by atoms with Gasteiger partial charge in [0.25, 0.3) is 0 Å². The van der Waals surface area contributed by atoms with Gasteiger partial charge in [0.1, 0.15) is 0 Å². The van der Waals surface area contributed by atoms with Crippen molar-refractivity contribution in [3.63, 3.8) is 0 Å². The molecule has 3 heteroatoms. The molecule has 1 heterocycles. The monoisotopic (exact) mass is 263 g/mol. The smallest absolute Gasteiger partial charge is 0.0522 e. The zero-order valence-corrected chi connectivity index (χ0v) is 12.6. The molecule has 1 aromatic rings. The molecular weight excluding hydrogens is 234 g/mol. The topological polar surface area (TPSA) is 29.9 Å². The van der Waals surface area contributed by atoms with E-state index < -0.39 is 0 Å². The fraction of sp³-hybridized carbons (Fsp3) is 0.812. The number of rotatable bonds is 7. The van der Waals surface area contributed by atoms with Gasteiger partial charge in [0.05, 0.1) is 5.69 Å². The summed E-state index contributed by atoms with van der Waals surface area (Å²) in [5.74, 6) is 0.994. The highest BCUT2D eigenvalue weighted by Gasteiger charge is 2.20. The van der Waals surface area contributed by atoms with Crippen molar-refractivity contribution in [1.82, 2.24) is 15.1 Å². The lowest BCUT2D eigenvalue weighted by Crippen LogP contribution is -2.33. The summed E-state index contributed by atoms with van der Waals surface area (Å²) in [6.07, 6.45) is 11.4. The molecule has 19 heavy (non-hydrogen) atoms. The van der Waals surface area contributed by atoms with Crippen molar-refractivity contribution in [2.24, 2.45) is 5.92 Å². The van der Waals surface area contributed by atoms with Gasteiger partial charge in [-0.3, -0.25) is 4.68 Å². The molecule has 1 saturated carbocycles. The molecule has 0 aromatic carbocycles. The lowest BCUT2D eigenvalue weighted by Gasteiger charge is -2.29. The second-order valence-corrected chi connectivity index (χ2v) is 5.93. The summed E-state index contributed by atoms with van der Waals surface area (Å²) in [6, 6.07) is 2.86. The zero-order valence-electron chi connectivity index (χ0n) is 12.6. The van der Waals surface area contributed by atoms with Crippen molar-refractivity contribution < 1.29 is 0 Å². The third kappa shape index (κ3) is 4.34. The second kappa shape index (κ2) is 7.68. The number of nitrogens with one attached hydrogen (secondary N) is 1. The molecule has 0 amide bonds. The van der Waals surface area contributed by atoms with Gasteiger partial charge < -0.3 is 5.32 Å². The highest BCUT2D eigenvalue weighted by atomic mass is 15.3. The van der Waals surface area contributed by atoms with Crippen LogP contribution in [0.5, 0.6) is 0 Å². The molecule has 0 atom stereocenters. The van der Waals surface area contributed by atoms with Gasteiger partial charge in [-0.1, -0.05) is 26.7 Å². The summed E-state index contributed by atoms with van der Waals surface area (Å²) < 4.78 is 2.13. The number of aromatic nitrogens is 2. The normalized spacial score (nSPS) is 23.7. The van der Waals surface area contributed by atoms with Crippen molar-refractivity contribution in [2.75, 3.05) is 0 Å². The average Bonchev–Trinajstić information content (AvgIpc) is 2.86. The highest BCUT2D eigenvalue weighted by Crippen LogP contribution is 2.27. The van der Waals surface area contributed by atoms with Crippen LogP contribution in [0.1, 0.15) is 64.5 Å². The van der Waals surface area contributed by atoms with E-state index in [9.17, 15) is 0 Å². The van der Waals surface area contributed by atoms with Crippen molar-refractivity contribution >= 4 is 0 Å².